The summed E-state index contributed by atoms with van der Waals surface area (Å²) in [4.78, 5) is 22.1. The van der Waals surface area contributed by atoms with E-state index in [1.54, 1.807) is 7.11 Å². The van der Waals surface area contributed by atoms with Crippen LogP contribution in [-0.2, 0) is 14.3 Å². The van der Waals surface area contributed by atoms with Crippen molar-refractivity contribution in [3.63, 3.8) is 0 Å². The lowest BCUT2D eigenvalue weighted by Gasteiger charge is -2.40. The monoisotopic (exact) mass is 229 g/mol. The van der Waals surface area contributed by atoms with Crippen LogP contribution in [0.2, 0.25) is 0 Å². The number of nitrogens with one attached hydrogen (secondary N) is 1. The molecule has 5 N–H and O–H groups in total. The molecule has 0 bridgehead atoms. The van der Waals surface area contributed by atoms with Gasteiger partial charge in [-0.25, -0.2) is 0 Å². The highest BCUT2D eigenvalue weighted by atomic mass is 16.5. The predicted molar refractivity (Wildman–Crippen MR) is 58.4 cm³/mol. The van der Waals surface area contributed by atoms with Gasteiger partial charge in [0.15, 0.2) is 0 Å². The molecule has 1 atom stereocenters. The summed E-state index contributed by atoms with van der Waals surface area (Å²) in [6, 6.07) is -0.869. The van der Waals surface area contributed by atoms with Gasteiger partial charge in [0, 0.05) is 13.7 Å². The zero-order chi connectivity index (χ0) is 12.2. The molecule has 1 rings (SSSR count). The smallest absolute Gasteiger partial charge is 0.237 e. The van der Waals surface area contributed by atoms with E-state index in [4.69, 9.17) is 16.2 Å². The highest BCUT2D eigenvalue weighted by Crippen LogP contribution is 2.34. The van der Waals surface area contributed by atoms with E-state index < -0.39 is 11.9 Å². The predicted octanol–water partition coefficient (Wildman–Crippen LogP) is -1.13. The maximum absolute atomic E-state index is 11.5. The van der Waals surface area contributed by atoms with Gasteiger partial charge in [0.1, 0.15) is 0 Å². The Balaban J connectivity index is 2.31. The van der Waals surface area contributed by atoms with E-state index in [1.807, 2.05) is 0 Å². The standard InChI is InChI=1S/C10H19N3O3/c1-16-10(3-2-4-10)6-13-9(15)7(11)5-8(12)14/h7H,2-6,11H2,1H3,(H2,12,14)(H,13,15). The number of primary amides is 1. The molecule has 16 heavy (non-hydrogen) atoms. The van der Waals surface area contributed by atoms with Crippen molar-refractivity contribution in [1.29, 1.82) is 0 Å². The molecule has 1 aliphatic carbocycles. The van der Waals surface area contributed by atoms with Crippen molar-refractivity contribution in [3.8, 4) is 0 Å². The summed E-state index contributed by atoms with van der Waals surface area (Å²) in [7, 11) is 1.63. The number of methoxy groups -OCH3 is 1. The molecule has 6 heteroatoms. The minimum absolute atomic E-state index is 0.133. The first-order valence-corrected chi connectivity index (χ1v) is 5.36. The molecular formula is C10H19N3O3. The minimum Gasteiger partial charge on any atom is -0.376 e. The van der Waals surface area contributed by atoms with E-state index in [0.717, 1.165) is 19.3 Å². The molecule has 0 radical (unpaired) electrons. The van der Waals surface area contributed by atoms with Crippen LogP contribution in [0.3, 0.4) is 0 Å². The zero-order valence-electron chi connectivity index (χ0n) is 9.49. The lowest BCUT2D eigenvalue weighted by molar-refractivity contribution is -0.128. The van der Waals surface area contributed by atoms with Crippen molar-refractivity contribution in [2.75, 3.05) is 13.7 Å². The molecule has 1 saturated carbocycles. The number of hydrogen-bond acceptors (Lipinski definition) is 4. The van der Waals surface area contributed by atoms with Crippen molar-refractivity contribution >= 4 is 11.8 Å². The molecule has 1 fully saturated rings. The van der Waals surface area contributed by atoms with Gasteiger partial charge < -0.3 is 21.5 Å². The number of amides is 2. The van der Waals surface area contributed by atoms with E-state index in [9.17, 15) is 9.59 Å². The van der Waals surface area contributed by atoms with Gasteiger partial charge in [0.25, 0.3) is 0 Å². The van der Waals surface area contributed by atoms with Crippen LogP contribution in [0.4, 0.5) is 0 Å². The van der Waals surface area contributed by atoms with Gasteiger partial charge in [-0.1, -0.05) is 0 Å². The third-order valence-corrected chi connectivity index (χ3v) is 3.04. The van der Waals surface area contributed by atoms with Crippen molar-refractivity contribution in [3.05, 3.63) is 0 Å². The molecule has 92 valence electrons. The second-order valence-corrected chi connectivity index (χ2v) is 4.24. The molecule has 0 saturated heterocycles. The summed E-state index contributed by atoms with van der Waals surface area (Å²) in [5.74, 6) is -0.935. The Morgan fingerprint density at radius 2 is 2.12 bits per heavy atom. The van der Waals surface area contributed by atoms with Crippen LogP contribution in [0.25, 0.3) is 0 Å². The van der Waals surface area contributed by atoms with Crippen LogP contribution in [0.5, 0.6) is 0 Å². The molecule has 0 spiro atoms. The molecule has 0 aliphatic heterocycles. The maximum atomic E-state index is 11.5. The molecule has 6 nitrogen and oxygen atoms in total. The summed E-state index contributed by atoms with van der Waals surface area (Å²) in [6.45, 7) is 0.439. The molecular weight excluding hydrogens is 210 g/mol. The number of rotatable bonds is 6. The fraction of sp³-hybridized carbons (Fsp3) is 0.800. The second kappa shape index (κ2) is 5.27. The van der Waals surface area contributed by atoms with Crippen molar-refractivity contribution in [2.24, 2.45) is 11.5 Å². The van der Waals surface area contributed by atoms with Crippen LogP contribution in [0, 0.1) is 0 Å². The SMILES string of the molecule is COC1(CNC(=O)C(N)CC(N)=O)CCC1. The first-order chi connectivity index (χ1) is 7.49. The third-order valence-electron chi connectivity index (χ3n) is 3.04. The van der Waals surface area contributed by atoms with Gasteiger partial charge >= 0.3 is 0 Å². The zero-order valence-corrected chi connectivity index (χ0v) is 9.49. The minimum atomic E-state index is -0.869. The Kier molecular flexibility index (Phi) is 4.26. The first kappa shape index (κ1) is 12.9. The Bertz CT molecular complexity index is 271. The van der Waals surface area contributed by atoms with E-state index in [1.165, 1.54) is 0 Å². The van der Waals surface area contributed by atoms with Gasteiger partial charge in [-0.2, -0.15) is 0 Å². The number of nitrogens with two attached hydrogens (primary N) is 2. The Labute approximate surface area is 94.7 Å². The highest BCUT2D eigenvalue weighted by Gasteiger charge is 2.37. The normalized spacial score (nSPS) is 19.6. The number of carbonyl (C=O) groups is 2. The lowest BCUT2D eigenvalue weighted by atomic mass is 9.80. The fourth-order valence-corrected chi connectivity index (χ4v) is 1.71. The molecule has 0 aromatic carbocycles. The van der Waals surface area contributed by atoms with Gasteiger partial charge in [0.05, 0.1) is 18.1 Å². The lowest BCUT2D eigenvalue weighted by Crippen LogP contribution is -2.52. The van der Waals surface area contributed by atoms with Gasteiger partial charge in [0.2, 0.25) is 11.8 Å². The largest absolute Gasteiger partial charge is 0.376 e. The summed E-state index contributed by atoms with van der Waals surface area (Å²) >= 11 is 0. The van der Waals surface area contributed by atoms with Crippen LogP contribution >= 0.6 is 0 Å². The number of ether oxygens (including phenoxy) is 1. The maximum Gasteiger partial charge on any atom is 0.237 e. The average molecular weight is 229 g/mol. The Hall–Kier alpha value is -1.14. The number of hydrogen-bond donors (Lipinski definition) is 3. The van der Waals surface area contributed by atoms with Gasteiger partial charge in [-0.3, -0.25) is 9.59 Å². The highest BCUT2D eigenvalue weighted by molar-refractivity contribution is 5.87. The van der Waals surface area contributed by atoms with Gasteiger partial charge in [-0.05, 0) is 19.3 Å². The summed E-state index contributed by atoms with van der Waals surface area (Å²) in [5, 5.41) is 2.68. The Morgan fingerprint density at radius 3 is 2.50 bits per heavy atom. The van der Waals surface area contributed by atoms with Gasteiger partial charge in [-0.15, -0.1) is 0 Å². The topological polar surface area (TPSA) is 107 Å². The quantitative estimate of drug-likeness (QED) is 0.536. The molecule has 2 amide bonds. The van der Waals surface area contributed by atoms with Crippen LogP contribution in [0.1, 0.15) is 25.7 Å². The summed E-state index contributed by atoms with van der Waals surface area (Å²) < 4.78 is 5.34. The molecule has 0 aromatic heterocycles. The van der Waals surface area contributed by atoms with Crippen LogP contribution < -0.4 is 16.8 Å². The summed E-state index contributed by atoms with van der Waals surface area (Å²) in [5.41, 5.74) is 10.2. The van der Waals surface area contributed by atoms with E-state index in [0.29, 0.717) is 6.54 Å². The first-order valence-electron chi connectivity index (χ1n) is 5.36. The fourth-order valence-electron chi connectivity index (χ4n) is 1.71. The average Bonchev–Trinajstić information content (AvgIpc) is 2.15. The van der Waals surface area contributed by atoms with E-state index in [2.05, 4.69) is 5.32 Å². The molecule has 0 aromatic rings. The van der Waals surface area contributed by atoms with Crippen LogP contribution in [-0.4, -0.2) is 37.1 Å². The van der Waals surface area contributed by atoms with E-state index >= 15 is 0 Å². The third kappa shape index (κ3) is 3.18. The molecule has 1 unspecified atom stereocenters. The molecule has 1 aliphatic rings. The number of carbonyl (C=O) groups excluding carboxylic acids is 2. The Morgan fingerprint density at radius 1 is 1.50 bits per heavy atom. The van der Waals surface area contributed by atoms with Crippen molar-refractivity contribution < 1.29 is 14.3 Å². The molecule has 0 heterocycles. The van der Waals surface area contributed by atoms with Crippen molar-refractivity contribution in [1.82, 2.24) is 5.32 Å². The second-order valence-electron chi connectivity index (χ2n) is 4.24. The van der Waals surface area contributed by atoms with Crippen molar-refractivity contribution in [2.45, 2.75) is 37.3 Å². The van der Waals surface area contributed by atoms with E-state index in [-0.39, 0.29) is 17.9 Å². The van der Waals surface area contributed by atoms with Crippen LogP contribution in [0.15, 0.2) is 0 Å². The summed E-state index contributed by atoms with van der Waals surface area (Å²) in [6.07, 6.45) is 2.85.